The molecule has 0 radical (unpaired) electrons. The molecule has 0 unspecified atom stereocenters. The zero-order valence-corrected chi connectivity index (χ0v) is 12.5. The quantitative estimate of drug-likeness (QED) is 0.760. The van der Waals surface area contributed by atoms with Gasteiger partial charge in [-0.1, -0.05) is 13.8 Å². The molecular formula is C12H21BrN2S. The number of nitrogens with one attached hydrogen (secondary N) is 1. The molecule has 0 spiro atoms. The summed E-state index contributed by atoms with van der Waals surface area (Å²) in [5, 5.41) is 5.65. The van der Waals surface area contributed by atoms with Crippen molar-refractivity contribution in [2.45, 2.75) is 32.1 Å². The first-order valence-corrected chi connectivity index (χ1v) is 7.39. The Morgan fingerprint density at radius 2 is 2.19 bits per heavy atom. The van der Waals surface area contributed by atoms with E-state index in [2.05, 4.69) is 46.5 Å². The molecule has 0 aromatic carbocycles. The van der Waals surface area contributed by atoms with E-state index in [1.165, 1.54) is 15.8 Å². The highest BCUT2D eigenvalue weighted by Crippen LogP contribution is 2.30. The Labute approximate surface area is 111 Å². The van der Waals surface area contributed by atoms with Crippen molar-refractivity contribution < 1.29 is 0 Å². The van der Waals surface area contributed by atoms with Gasteiger partial charge in [0.2, 0.25) is 0 Å². The van der Waals surface area contributed by atoms with Crippen molar-refractivity contribution in [1.29, 1.82) is 0 Å². The second-order valence-corrected chi connectivity index (χ2v) is 6.51. The van der Waals surface area contributed by atoms with Gasteiger partial charge in [0.1, 0.15) is 0 Å². The Hall–Kier alpha value is 0.1000. The first-order valence-electron chi connectivity index (χ1n) is 5.71. The van der Waals surface area contributed by atoms with E-state index in [4.69, 9.17) is 5.73 Å². The molecule has 0 bridgehead atoms. The third-order valence-corrected chi connectivity index (χ3v) is 4.67. The van der Waals surface area contributed by atoms with Crippen LogP contribution in [0.5, 0.6) is 0 Å². The van der Waals surface area contributed by atoms with Gasteiger partial charge in [0.05, 0.1) is 0 Å². The van der Waals surface area contributed by atoms with Crippen LogP contribution in [0.3, 0.4) is 0 Å². The van der Waals surface area contributed by atoms with Crippen LogP contribution in [-0.4, -0.2) is 19.6 Å². The summed E-state index contributed by atoms with van der Waals surface area (Å²) < 4.78 is 1.18. The minimum atomic E-state index is 0.208. The Morgan fingerprint density at radius 3 is 2.75 bits per heavy atom. The summed E-state index contributed by atoms with van der Waals surface area (Å²) in [5.74, 6) is 0. The van der Waals surface area contributed by atoms with E-state index in [0.717, 1.165) is 26.1 Å². The number of hydrogen-bond acceptors (Lipinski definition) is 3. The molecule has 1 aromatic heterocycles. The molecule has 3 N–H and O–H groups in total. The maximum Gasteiger partial charge on any atom is 0.0285 e. The molecule has 1 rings (SSSR count). The van der Waals surface area contributed by atoms with Crippen LogP contribution in [0, 0.1) is 0 Å². The highest BCUT2D eigenvalue weighted by molar-refractivity contribution is 9.10. The fourth-order valence-corrected chi connectivity index (χ4v) is 3.10. The number of nitrogens with two attached hydrogens (primary N) is 1. The summed E-state index contributed by atoms with van der Waals surface area (Å²) >= 11 is 5.32. The molecule has 0 amide bonds. The highest BCUT2D eigenvalue weighted by atomic mass is 79.9. The van der Waals surface area contributed by atoms with Gasteiger partial charge in [-0.05, 0) is 47.9 Å². The zero-order chi connectivity index (χ0) is 12.0. The summed E-state index contributed by atoms with van der Waals surface area (Å²) in [6.07, 6.45) is 2.28. The van der Waals surface area contributed by atoms with Gasteiger partial charge < -0.3 is 11.1 Å². The molecule has 4 heteroatoms. The molecule has 0 aliphatic carbocycles. The fraction of sp³-hybridized carbons (Fsp3) is 0.667. The van der Waals surface area contributed by atoms with Crippen molar-refractivity contribution in [3.63, 3.8) is 0 Å². The van der Waals surface area contributed by atoms with Gasteiger partial charge in [0, 0.05) is 26.7 Å². The Balaban J connectivity index is 2.34. The number of unbranched alkanes of at least 4 members (excludes halogenated alkanes) is 1. The molecule has 0 saturated heterocycles. The van der Waals surface area contributed by atoms with Crippen LogP contribution in [0.1, 0.15) is 31.6 Å². The van der Waals surface area contributed by atoms with Gasteiger partial charge in [-0.25, -0.2) is 0 Å². The van der Waals surface area contributed by atoms with E-state index in [-0.39, 0.29) is 5.41 Å². The Morgan fingerprint density at radius 1 is 1.44 bits per heavy atom. The third kappa shape index (κ3) is 4.53. The average molecular weight is 305 g/mol. The Kier molecular flexibility index (Phi) is 5.97. The van der Waals surface area contributed by atoms with Crippen LogP contribution < -0.4 is 11.1 Å². The molecule has 1 aromatic rings. The van der Waals surface area contributed by atoms with Gasteiger partial charge in [0.25, 0.3) is 0 Å². The van der Waals surface area contributed by atoms with Crippen LogP contribution in [0.25, 0.3) is 0 Å². The smallest absolute Gasteiger partial charge is 0.0285 e. The van der Waals surface area contributed by atoms with E-state index in [9.17, 15) is 0 Å². The molecule has 16 heavy (non-hydrogen) atoms. The van der Waals surface area contributed by atoms with Crippen molar-refractivity contribution in [2.24, 2.45) is 5.73 Å². The topological polar surface area (TPSA) is 38.0 Å². The monoisotopic (exact) mass is 304 g/mol. The molecular weight excluding hydrogens is 284 g/mol. The summed E-state index contributed by atoms with van der Waals surface area (Å²) in [7, 11) is 0. The van der Waals surface area contributed by atoms with Crippen molar-refractivity contribution in [3.8, 4) is 0 Å². The number of thiophene rings is 1. The Bertz CT molecular complexity index is 310. The molecule has 0 saturated carbocycles. The molecule has 0 atom stereocenters. The summed E-state index contributed by atoms with van der Waals surface area (Å²) in [5.41, 5.74) is 5.67. The lowest BCUT2D eigenvalue weighted by Crippen LogP contribution is -2.32. The number of hydrogen-bond donors (Lipinski definition) is 2. The minimum Gasteiger partial charge on any atom is -0.330 e. The lowest BCUT2D eigenvalue weighted by Gasteiger charge is -2.23. The van der Waals surface area contributed by atoms with Gasteiger partial charge in [-0.15, -0.1) is 11.3 Å². The number of halogens is 1. The predicted molar refractivity (Wildman–Crippen MR) is 76.2 cm³/mol. The van der Waals surface area contributed by atoms with E-state index in [0.29, 0.717) is 0 Å². The van der Waals surface area contributed by atoms with Gasteiger partial charge >= 0.3 is 0 Å². The van der Waals surface area contributed by atoms with Gasteiger partial charge in [0.15, 0.2) is 0 Å². The van der Waals surface area contributed by atoms with Crippen molar-refractivity contribution in [3.05, 3.63) is 20.8 Å². The SMILES string of the molecule is CC(C)(CNCCCCN)c1cc(Br)cs1. The maximum absolute atomic E-state index is 5.46. The summed E-state index contributed by atoms with van der Waals surface area (Å²) in [6.45, 7) is 7.43. The first kappa shape index (κ1) is 14.2. The van der Waals surface area contributed by atoms with Crippen LogP contribution in [0.4, 0.5) is 0 Å². The molecule has 92 valence electrons. The largest absolute Gasteiger partial charge is 0.330 e. The van der Waals surface area contributed by atoms with Crippen molar-refractivity contribution >= 4 is 27.3 Å². The minimum absolute atomic E-state index is 0.208. The van der Waals surface area contributed by atoms with E-state index < -0.39 is 0 Å². The lowest BCUT2D eigenvalue weighted by atomic mass is 9.91. The molecule has 0 aliphatic rings. The van der Waals surface area contributed by atoms with E-state index in [1.54, 1.807) is 0 Å². The lowest BCUT2D eigenvalue weighted by molar-refractivity contribution is 0.471. The van der Waals surface area contributed by atoms with Crippen LogP contribution in [-0.2, 0) is 5.41 Å². The second-order valence-electron chi connectivity index (χ2n) is 4.69. The molecule has 0 fully saturated rings. The number of rotatable bonds is 7. The molecule has 1 heterocycles. The maximum atomic E-state index is 5.46. The van der Waals surface area contributed by atoms with Crippen molar-refractivity contribution in [1.82, 2.24) is 5.32 Å². The average Bonchev–Trinajstić information content (AvgIpc) is 2.65. The van der Waals surface area contributed by atoms with Gasteiger partial charge in [-0.3, -0.25) is 0 Å². The molecule has 2 nitrogen and oxygen atoms in total. The summed E-state index contributed by atoms with van der Waals surface area (Å²) in [6, 6.07) is 2.21. The first-order chi connectivity index (χ1) is 7.56. The van der Waals surface area contributed by atoms with Crippen LogP contribution in [0.15, 0.2) is 15.9 Å². The molecule has 0 aliphatic heterocycles. The predicted octanol–water partition coefficient (Wildman–Crippen LogP) is 3.12. The fourth-order valence-electron chi connectivity index (χ4n) is 1.55. The standard InChI is InChI=1S/C12H21BrN2S/c1-12(2,9-15-6-4-3-5-14)11-7-10(13)8-16-11/h7-8,15H,3-6,9,14H2,1-2H3. The third-order valence-electron chi connectivity index (χ3n) is 2.61. The van der Waals surface area contributed by atoms with Crippen molar-refractivity contribution in [2.75, 3.05) is 19.6 Å². The summed E-state index contributed by atoms with van der Waals surface area (Å²) in [4.78, 5) is 1.42. The normalized spacial score (nSPS) is 12.0. The second kappa shape index (κ2) is 6.74. The van der Waals surface area contributed by atoms with Gasteiger partial charge in [-0.2, -0.15) is 0 Å². The highest BCUT2D eigenvalue weighted by Gasteiger charge is 2.21. The zero-order valence-electron chi connectivity index (χ0n) is 10.1. The van der Waals surface area contributed by atoms with E-state index >= 15 is 0 Å². The van der Waals surface area contributed by atoms with Crippen LogP contribution in [0.2, 0.25) is 0 Å². The van der Waals surface area contributed by atoms with E-state index in [1.807, 2.05) is 11.3 Å². The van der Waals surface area contributed by atoms with Crippen LogP contribution >= 0.6 is 27.3 Å².